The molecule has 0 saturated heterocycles. The van der Waals surface area contributed by atoms with Crippen molar-refractivity contribution in [2.45, 2.75) is 6.42 Å². The Bertz CT molecular complexity index is 657. The second kappa shape index (κ2) is 7.24. The van der Waals surface area contributed by atoms with E-state index in [4.69, 9.17) is 10.5 Å². The largest absolute Gasteiger partial charge is 0.491 e. The maximum absolute atomic E-state index is 12.1. The fraction of sp³-hybridized carbons (Fsp3) is 0.143. The van der Waals surface area contributed by atoms with E-state index in [1.165, 1.54) is 11.3 Å². The lowest BCUT2D eigenvalue weighted by Crippen LogP contribution is -2.16. The average molecular weight is 369 g/mol. The van der Waals surface area contributed by atoms with Crippen molar-refractivity contribution in [3.63, 3.8) is 0 Å². The number of halogens is 1. The molecule has 1 aromatic carbocycles. The molecule has 0 bridgehead atoms. The van der Waals surface area contributed by atoms with Crippen molar-refractivity contribution in [1.82, 2.24) is 0 Å². The first-order valence-electron chi connectivity index (χ1n) is 6.12. The molecular weight excluding hydrogens is 356 g/mol. The molecule has 2 aromatic rings. The number of thiophene rings is 1. The number of benzene rings is 1. The topological polar surface area (TPSA) is 81.4 Å². The van der Waals surface area contributed by atoms with Crippen LogP contribution in [0.1, 0.15) is 16.8 Å². The SMILES string of the molecule is NC(=O)CCOc1ccccc1NC(=O)c1csc(Br)c1. The van der Waals surface area contributed by atoms with Gasteiger partial charge in [-0.1, -0.05) is 12.1 Å². The number of carbonyl (C=O) groups is 2. The van der Waals surface area contributed by atoms with Crippen LogP contribution in [0.2, 0.25) is 0 Å². The van der Waals surface area contributed by atoms with E-state index in [-0.39, 0.29) is 18.9 Å². The predicted octanol–water partition coefficient (Wildman–Crippen LogP) is 3.02. The minimum absolute atomic E-state index is 0.125. The molecule has 0 saturated carbocycles. The predicted molar refractivity (Wildman–Crippen MR) is 85.7 cm³/mol. The molecule has 0 aliphatic carbocycles. The highest BCUT2D eigenvalue weighted by atomic mass is 79.9. The molecular formula is C14H13BrN2O3S. The fourth-order valence-electron chi connectivity index (χ4n) is 1.58. The third-order valence-electron chi connectivity index (χ3n) is 2.57. The Labute approximate surface area is 134 Å². The Kier molecular flexibility index (Phi) is 5.35. The van der Waals surface area contributed by atoms with E-state index in [0.717, 1.165) is 3.79 Å². The molecule has 1 aromatic heterocycles. The van der Waals surface area contributed by atoms with E-state index < -0.39 is 5.91 Å². The number of primary amides is 1. The van der Waals surface area contributed by atoms with Crippen molar-refractivity contribution >= 4 is 44.8 Å². The summed E-state index contributed by atoms with van der Waals surface area (Å²) in [6.45, 7) is 0.173. The number of para-hydroxylation sites is 2. The van der Waals surface area contributed by atoms with Crippen LogP contribution in [0.15, 0.2) is 39.5 Å². The molecule has 0 atom stereocenters. The zero-order valence-corrected chi connectivity index (χ0v) is 13.4. The molecule has 0 fully saturated rings. The molecule has 0 radical (unpaired) electrons. The van der Waals surface area contributed by atoms with Crippen molar-refractivity contribution in [2.75, 3.05) is 11.9 Å². The van der Waals surface area contributed by atoms with Crippen LogP contribution in [0, 0.1) is 0 Å². The van der Waals surface area contributed by atoms with Crippen LogP contribution in [-0.4, -0.2) is 18.4 Å². The molecule has 110 valence electrons. The summed E-state index contributed by atoms with van der Waals surface area (Å²) in [5.41, 5.74) is 6.18. The lowest BCUT2D eigenvalue weighted by molar-refractivity contribution is -0.118. The van der Waals surface area contributed by atoms with Gasteiger partial charge in [-0.2, -0.15) is 0 Å². The molecule has 2 rings (SSSR count). The smallest absolute Gasteiger partial charge is 0.256 e. The maximum atomic E-state index is 12.1. The van der Waals surface area contributed by atoms with Crippen molar-refractivity contribution in [2.24, 2.45) is 5.73 Å². The quantitative estimate of drug-likeness (QED) is 0.821. The van der Waals surface area contributed by atoms with Gasteiger partial charge in [-0.3, -0.25) is 9.59 Å². The molecule has 0 spiro atoms. The monoisotopic (exact) mass is 368 g/mol. The molecule has 0 aliphatic rings. The van der Waals surface area contributed by atoms with Gasteiger partial charge in [0.15, 0.2) is 0 Å². The highest BCUT2D eigenvalue weighted by Crippen LogP contribution is 2.26. The second-order valence-electron chi connectivity index (χ2n) is 4.15. The molecule has 5 nitrogen and oxygen atoms in total. The molecule has 0 unspecified atom stereocenters. The Morgan fingerprint density at radius 2 is 2.10 bits per heavy atom. The van der Waals surface area contributed by atoms with E-state index in [1.807, 2.05) is 0 Å². The van der Waals surface area contributed by atoms with Crippen LogP contribution < -0.4 is 15.8 Å². The van der Waals surface area contributed by atoms with E-state index in [0.29, 0.717) is 17.0 Å². The van der Waals surface area contributed by atoms with Crippen LogP contribution in [-0.2, 0) is 4.79 Å². The van der Waals surface area contributed by atoms with Crippen LogP contribution in [0.25, 0.3) is 0 Å². The number of hydrogen-bond acceptors (Lipinski definition) is 4. The number of ether oxygens (including phenoxy) is 1. The summed E-state index contributed by atoms with van der Waals surface area (Å²) in [6, 6.07) is 8.78. The number of hydrogen-bond donors (Lipinski definition) is 2. The Morgan fingerprint density at radius 3 is 2.76 bits per heavy atom. The first-order chi connectivity index (χ1) is 10.1. The minimum atomic E-state index is -0.431. The van der Waals surface area contributed by atoms with Gasteiger partial charge in [0.1, 0.15) is 5.75 Å². The maximum Gasteiger partial charge on any atom is 0.256 e. The fourth-order valence-corrected chi connectivity index (χ4v) is 2.72. The van der Waals surface area contributed by atoms with Crippen LogP contribution in [0.3, 0.4) is 0 Å². The standard InChI is InChI=1S/C14H13BrN2O3S/c15-12-7-9(8-21-12)14(19)17-10-3-1-2-4-11(10)20-6-5-13(16)18/h1-4,7-8H,5-6H2,(H2,16,18)(H,17,19). The van der Waals surface area contributed by atoms with Crippen LogP contribution in [0.4, 0.5) is 5.69 Å². The first kappa shape index (κ1) is 15.5. The summed E-state index contributed by atoms with van der Waals surface area (Å²) in [6.07, 6.45) is 0.125. The first-order valence-corrected chi connectivity index (χ1v) is 7.79. The van der Waals surface area contributed by atoms with Gasteiger partial charge in [0, 0.05) is 5.38 Å². The minimum Gasteiger partial charge on any atom is -0.491 e. The van der Waals surface area contributed by atoms with Crippen molar-refractivity contribution < 1.29 is 14.3 Å². The van der Waals surface area contributed by atoms with Gasteiger partial charge in [-0.25, -0.2) is 0 Å². The Balaban J connectivity index is 2.05. The summed E-state index contributed by atoms with van der Waals surface area (Å²) in [5.74, 6) is -0.149. The third-order valence-corrected chi connectivity index (χ3v) is 4.08. The second-order valence-corrected chi connectivity index (χ2v) is 6.45. The van der Waals surface area contributed by atoms with Crippen molar-refractivity contribution in [3.8, 4) is 5.75 Å². The van der Waals surface area contributed by atoms with Gasteiger partial charge in [0.05, 0.1) is 28.1 Å². The summed E-state index contributed by atoms with van der Waals surface area (Å²) in [4.78, 5) is 22.8. The van der Waals surface area contributed by atoms with E-state index >= 15 is 0 Å². The molecule has 7 heteroatoms. The van der Waals surface area contributed by atoms with Gasteiger partial charge in [0.2, 0.25) is 5.91 Å². The summed E-state index contributed by atoms with van der Waals surface area (Å²) in [5, 5.41) is 4.54. The van der Waals surface area contributed by atoms with Gasteiger partial charge in [-0.05, 0) is 34.1 Å². The highest BCUT2D eigenvalue weighted by molar-refractivity contribution is 9.11. The van der Waals surface area contributed by atoms with Crippen molar-refractivity contribution in [1.29, 1.82) is 0 Å². The molecule has 0 aliphatic heterocycles. The number of rotatable bonds is 6. The van der Waals surface area contributed by atoms with E-state index in [1.54, 1.807) is 35.7 Å². The Hall–Kier alpha value is -1.86. The number of amides is 2. The summed E-state index contributed by atoms with van der Waals surface area (Å²) in [7, 11) is 0. The van der Waals surface area contributed by atoms with E-state index in [9.17, 15) is 9.59 Å². The third kappa shape index (κ3) is 4.57. The van der Waals surface area contributed by atoms with Gasteiger partial charge < -0.3 is 15.8 Å². The molecule has 1 heterocycles. The number of carbonyl (C=O) groups excluding carboxylic acids is 2. The zero-order valence-electron chi connectivity index (χ0n) is 11.0. The van der Waals surface area contributed by atoms with Crippen molar-refractivity contribution in [3.05, 3.63) is 45.1 Å². The lowest BCUT2D eigenvalue weighted by Gasteiger charge is -2.11. The normalized spacial score (nSPS) is 10.1. The van der Waals surface area contributed by atoms with E-state index in [2.05, 4.69) is 21.2 Å². The molecule has 21 heavy (non-hydrogen) atoms. The number of nitrogens with two attached hydrogens (primary N) is 1. The number of anilines is 1. The van der Waals surface area contributed by atoms with Crippen LogP contribution in [0.5, 0.6) is 5.75 Å². The molecule has 3 N–H and O–H groups in total. The highest BCUT2D eigenvalue weighted by Gasteiger charge is 2.11. The lowest BCUT2D eigenvalue weighted by atomic mass is 10.2. The summed E-state index contributed by atoms with van der Waals surface area (Å²) >= 11 is 4.76. The zero-order chi connectivity index (χ0) is 15.2. The Morgan fingerprint density at radius 1 is 1.33 bits per heavy atom. The summed E-state index contributed by atoms with van der Waals surface area (Å²) < 4.78 is 6.36. The molecule has 2 amide bonds. The number of nitrogens with one attached hydrogen (secondary N) is 1. The van der Waals surface area contributed by atoms with Crippen LogP contribution >= 0.6 is 27.3 Å². The van der Waals surface area contributed by atoms with Gasteiger partial charge >= 0.3 is 0 Å². The van der Waals surface area contributed by atoms with Gasteiger partial charge in [-0.15, -0.1) is 11.3 Å². The average Bonchev–Trinajstić information content (AvgIpc) is 2.87. The van der Waals surface area contributed by atoms with Gasteiger partial charge in [0.25, 0.3) is 5.91 Å².